The van der Waals surface area contributed by atoms with Crippen LogP contribution in [-0.2, 0) is 10.3 Å². The molecule has 96 valence electrons. The molecular weight excluding hydrogens is 244 g/mol. The number of anilines is 1. The second kappa shape index (κ2) is 5.08. The first kappa shape index (κ1) is 13.1. The Morgan fingerprint density at radius 3 is 2.83 bits per heavy atom. The zero-order valence-corrected chi connectivity index (χ0v) is 11.8. The molecule has 0 unspecified atom stereocenters. The summed E-state index contributed by atoms with van der Waals surface area (Å²) in [6.07, 6.45) is 0. The van der Waals surface area contributed by atoms with Crippen molar-refractivity contribution in [2.75, 3.05) is 12.3 Å². The third kappa shape index (κ3) is 2.71. The van der Waals surface area contributed by atoms with E-state index >= 15 is 0 Å². The average molecular weight is 262 g/mol. The summed E-state index contributed by atoms with van der Waals surface area (Å²) >= 11 is 1.62. The molecule has 2 N–H and O–H groups in total. The van der Waals surface area contributed by atoms with Crippen molar-refractivity contribution in [3.63, 3.8) is 0 Å². The van der Waals surface area contributed by atoms with E-state index in [2.05, 4.69) is 4.98 Å². The molecule has 1 aromatic carbocycles. The minimum atomic E-state index is -0.335. The smallest absolute Gasteiger partial charge is 0.125 e. The molecule has 0 amide bonds. The number of thiazole rings is 1. The van der Waals surface area contributed by atoms with Crippen molar-refractivity contribution in [1.82, 2.24) is 4.98 Å². The standard InChI is InChI=1S/C14H18N2OS/c1-4-17-14(2,3)13-16-12(9-18-13)10-6-5-7-11(15)8-10/h5-9H,4,15H2,1-3H3. The van der Waals surface area contributed by atoms with Gasteiger partial charge in [0.05, 0.1) is 5.69 Å². The maximum absolute atomic E-state index is 5.79. The van der Waals surface area contributed by atoms with Crippen molar-refractivity contribution < 1.29 is 4.74 Å². The number of benzene rings is 1. The van der Waals surface area contributed by atoms with Crippen molar-refractivity contribution in [3.05, 3.63) is 34.7 Å². The Labute approximate surface area is 112 Å². The Kier molecular flexibility index (Phi) is 3.68. The molecule has 0 saturated heterocycles. The van der Waals surface area contributed by atoms with E-state index in [9.17, 15) is 0 Å². The maximum atomic E-state index is 5.79. The number of ether oxygens (including phenoxy) is 1. The van der Waals surface area contributed by atoms with Crippen molar-refractivity contribution in [2.45, 2.75) is 26.4 Å². The zero-order valence-electron chi connectivity index (χ0n) is 10.9. The van der Waals surface area contributed by atoms with Crippen LogP contribution in [0.15, 0.2) is 29.6 Å². The molecule has 2 rings (SSSR count). The van der Waals surface area contributed by atoms with Crippen LogP contribution in [0.4, 0.5) is 5.69 Å². The number of nitrogens with zero attached hydrogens (tertiary/aromatic N) is 1. The summed E-state index contributed by atoms with van der Waals surface area (Å²) in [7, 11) is 0. The summed E-state index contributed by atoms with van der Waals surface area (Å²) in [4.78, 5) is 4.65. The molecule has 0 aliphatic carbocycles. The van der Waals surface area contributed by atoms with Gasteiger partial charge in [-0.1, -0.05) is 12.1 Å². The first-order valence-corrected chi connectivity index (χ1v) is 6.87. The summed E-state index contributed by atoms with van der Waals surface area (Å²) in [6.45, 7) is 6.76. The van der Waals surface area contributed by atoms with Crippen LogP contribution in [0.1, 0.15) is 25.8 Å². The summed E-state index contributed by atoms with van der Waals surface area (Å²) < 4.78 is 5.71. The van der Waals surface area contributed by atoms with E-state index in [1.54, 1.807) is 11.3 Å². The fraction of sp³-hybridized carbons (Fsp3) is 0.357. The molecule has 1 aromatic heterocycles. The first-order chi connectivity index (χ1) is 8.53. The third-order valence-corrected chi connectivity index (χ3v) is 3.85. The molecule has 0 bridgehead atoms. The highest BCUT2D eigenvalue weighted by atomic mass is 32.1. The SMILES string of the molecule is CCOC(C)(C)c1nc(-c2cccc(N)c2)cs1. The molecule has 18 heavy (non-hydrogen) atoms. The van der Waals surface area contributed by atoms with Gasteiger partial charge in [-0.3, -0.25) is 0 Å². The molecule has 0 aliphatic heterocycles. The van der Waals surface area contributed by atoms with Gasteiger partial charge in [0, 0.05) is 23.2 Å². The van der Waals surface area contributed by atoms with E-state index in [4.69, 9.17) is 10.5 Å². The Balaban J connectivity index is 2.31. The van der Waals surface area contributed by atoms with Crippen LogP contribution in [0, 0.1) is 0 Å². The summed E-state index contributed by atoms with van der Waals surface area (Å²) in [6, 6.07) is 7.77. The maximum Gasteiger partial charge on any atom is 0.125 e. The molecule has 1 heterocycles. The molecule has 4 heteroatoms. The predicted molar refractivity (Wildman–Crippen MR) is 76.6 cm³/mol. The lowest BCUT2D eigenvalue weighted by molar-refractivity contribution is -0.0141. The van der Waals surface area contributed by atoms with Gasteiger partial charge >= 0.3 is 0 Å². The average Bonchev–Trinajstić information content (AvgIpc) is 2.78. The Bertz CT molecular complexity index is 534. The van der Waals surface area contributed by atoms with Crippen molar-refractivity contribution in [2.24, 2.45) is 0 Å². The monoisotopic (exact) mass is 262 g/mol. The summed E-state index contributed by atoms with van der Waals surface area (Å²) in [5.41, 5.74) is 8.21. The Morgan fingerprint density at radius 2 is 2.17 bits per heavy atom. The number of hydrogen-bond acceptors (Lipinski definition) is 4. The number of rotatable bonds is 4. The van der Waals surface area contributed by atoms with Crippen molar-refractivity contribution >= 4 is 17.0 Å². The largest absolute Gasteiger partial charge is 0.399 e. The van der Waals surface area contributed by atoms with Gasteiger partial charge in [0.2, 0.25) is 0 Å². The van der Waals surface area contributed by atoms with Gasteiger partial charge in [-0.2, -0.15) is 0 Å². The molecule has 0 fully saturated rings. The molecule has 0 radical (unpaired) electrons. The minimum absolute atomic E-state index is 0.335. The van der Waals surface area contributed by atoms with E-state index in [0.717, 1.165) is 22.0 Å². The van der Waals surface area contributed by atoms with Crippen LogP contribution in [0.5, 0.6) is 0 Å². The third-order valence-electron chi connectivity index (χ3n) is 2.71. The van der Waals surface area contributed by atoms with E-state index in [1.807, 2.05) is 50.4 Å². The van der Waals surface area contributed by atoms with Gasteiger partial charge in [-0.25, -0.2) is 4.98 Å². The van der Waals surface area contributed by atoms with Crippen LogP contribution in [0.25, 0.3) is 11.3 Å². The van der Waals surface area contributed by atoms with Gasteiger partial charge < -0.3 is 10.5 Å². The highest BCUT2D eigenvalue weighted by Gasteiger charge is 2.24. The van der Waals surface area contributed by atoms with E-state index < -0.39 is 0 Å². The van der Waals surface area contributed by atoms with E-state index in [0.29, 0.717) is 6.61 Å². The Hall–Kier alpha value is -1.39. The molecule has 0 aliphatic rings. The van der Waals surface area contributed by atoms with Crippen LogP contribution in [0.3, 0.4) is 0 Å². The molecular formula is C14H18N2OS. The normalized spacial score (nSPS) is 11.7. The topological polar surface area (TPSA) is 48.1 Å². The highest BCUT2D eigenvalue weighted by molar-refractivity contribution is 7.10. The number of aromatic nitrogens is 1. The first-order valence-electron chi connectivity index (χ1n) is 5.99. The van der Waals surface area contributed by atoms with Gasteiger partial charge in [0.1, 0.15) is 10.6 Å². The fourth-order valence-electron chi connectivity index (χ4n) is 1.80. The van der Waals surface area contributed by atoms with Gasteiger partial charge in [-0.05, 0) is 32.9 Å². The summed E-state index contributed by atoms with van der Waals surface area (Å²) in [5.74, 6) is 0. The lowest BCUT2D eigenvalue weighted by atomic mass is 10.1. The second-order valence-electron chi connectivity index (χ2n) is 4.61. The van der Waals surface area contributed by atoms with Crippen molar-refractivity contribution in [3.8, 4) is 11.3 Å². The lowest BCUT2D eigenvalue weighted by Gasteiger charge is -2.21. The van der Waals surface area contributed by atoms with Crippen LogP contribution >= 0.6 is 11.3 Å². The van der Waals surface area contributed by atoms with Crippen LogP contribution < -0.4 is 5.73 Å². The molecule has 0 saturated carbocycles. The molecule has 2 aromatic rings. The number of nitrogens with two attached hydrogens (primary N) is 1. The molecule has 0 spiro atoms. The van der Waals surface area contributed by atoms with E-state index in [-0.39, 0.29) is 5.60 Å². The van der Waals surface area contributed by atoms with Gasteiger partial charge in [0.15, 0.2) is 0 Å². The van der Waals surface area contributed by atoms with Crippen LogP contribution in [0.2, 0.25) is 0 Å². The second-order valence-corrected chi connectivity index (χ2v) is 5.46. The lowest BCUT2D eigenvalue weighted by Crippen LogP contribution is -2.21. The zero-order chi connectivity index (χ0) is 13.2. The summed E-state index contributed by atoms with van der Waals surface area (Å²) in [5, 5.41) is 3.03. The molecule has 3 nitrogen and oxygen atoms in total. The highest BCUT2D eigenvalue weighted by Crippen LogP contribution is 2.31. The van der Waals surface area contributed by atoms with Gasteiger partial charge in [-0.15, -0.1) is 11.3 Å². The quantitative estimate of drug-likeness (QED) is 0.855. The Morgan fingerprint density at radius 1 is 1.39 bits per heavy atom. The van der Waals surface area contributed by atoms with Crippen LogP contribution in [-0.4, -0.2) is 11.6 Å². The minimum Gasteiger partial charge on any atom is -0.399 e. The van der Waals surface area contributed by atoms with Gasteiger partial charge in [0.25, 0.3) is 0 Å². The number of hydrogen-bond donors (Lipinski definition) is 1. The number of nitrogen functional groups attached to an aromatic ring is 1. The predicted octanol–water partition coefficient (Wildman–Crippen LogP) is 3.66. The fourth-order valence-corrected chi connectivity index (χ4v) is 2.71. The molecule has 0 atom stereocenters. The van der Waals surface area contributed by atoms with E-state index in [1.165, 1.54) is 0 Å². The van der Waals surface area contributed by atoms with Crippen molar-refractivity contribution in [1.29, 1.82) is 0 Å².